The van der Waals surface area contributed by atoms with Crippen molar-refractivity contribution in [1.29, 1.82) is 0 Å². The third kappa shape index (κ3) is 3.33. The van der Waals surface area contributed by atoms with Crippen molar-refractivity contribution in [3.05, 3.63) is 48.3 Å². The summed E-state index contributed by atoms with van der Waals surface area (Å²) in [6, 6.07) is 11.4. The van der Waals surface area contributed by atoms with Gasteiger partial charge in [-0.05, 0) is 31.0 Å². The van der Waals surface area contributed by atoms with Gasteiger partial charge in [0.25, 0.3) is 0 Å². The van der Waals surface area contributed by atoms with Crippen LogP contribution in [0.2, 0.25) is 0 Å². The number of nitrogens with zero attached hydrogens (tertiary/aromatic N) is 2. The summed E-state index contributed by atoms with van der Waals surface area (Å²) < 4.78 is 31.7. The molecule has 0 amide bonds. The summed E-state index contributed by atoms with van der Waals surface area (Å²) in [5.41, 5.74) is 1.51. The standard InChI is InChI=1S/C15H18N2O3S/c18-21(19,15-7-10-20-11-8-15)12-13-6-9-17(16-13)14-4-2-1-3-5-14/h1-6,9,15H,7-8,10-12H2. The number of hydrogen-bond donors (Lipinski definition) is 0. The molecule has 1 aliphatic rings. The lowest BCUT2D eigenvalue weighted by Gasteiger charge is -2.21. The molecule has 2 heterocycles. The number of para-hydroxylation sites is 1. The molecule has 1 aromatic carbocycles. The summed E-state index contributed by atoms with van der Waals surface area (Å²) in [6.07, 6.45) is 2.97. The number of ether oxygens (including phenoxy) is 1. The third-order valence-corrected chi connectivity index (χ3v) is 5.88. The minimum Gasteiger partial charge on any atom is -0.381 e. The molecule has 0 spiro atoms. The van der Waals surface area contributed by atoms with Gasteiger partial charge in [0.1, 0.15) is 0 Å². The van der Waals surface area contributed by atoms with E-state index in [-0.39, 0.29) is 11.0 Å². The molecule has 0 atom stereocenters. The number of sulfone groups is 1. The third-order valence-electron chi connectivity index (χ3n) is 3.69. The number of benzene rings is 1. The number of rotatable bonds is 4. The van der Waals surface area contributed by atoms with Crippen molar-refractivity contribution in [2.24, 2.45) is 0 Å². The van der Waals surface area contributed by atoms with Crippen LogP contribution in [0.25, 0.3) is 5.69 Å². The first-order valence-electron chi connectivity index (χ1n) is 7.04. The van der Waals surface area contributed by atoms with Crippen LogP contribution < -0.4 is 0 Å². The van der Waals surface area contributed by atoms with Crippen molar-refractivity contribution >= 4 is 9.84 Å². The van der Waals surface area contributed by atoms with Crippen LogP contribution in [-0.2, 0) is 20.3 Å². The molecular formula is C15H18N2O3S. The molecule has 0 saturated carbocycles. The van der Waals surface area contributed by atoms with E-state index in [9.17, 15) is 8.42 Å². The van der Waals surface area contributed by atoms with Gasteiger partial charge in [-0.25, -0.2) is 13.1 Å². The fraction of sp³-hybridized carbons (Fsp3) is 0.400. The van der Waals surface area contributed by atoms with E-state index in [4.69, 9.17) is 4.74 Å². The summed E-state index contributed by atoms with van der Waals surface area (Å²) in [6.45, 7) is 1.06. The van der Waals surface area contributed by atoms with Gasteiger partial charge >= 0.3 is 0 Å². The van der Waals surface area contributed by atoms with Crippen LogP contribution in [0.15, 0.2) is 42.6 Å². The molecule has 0 radical (unpaired) electrons. The Hall–Kier alpha value is -1.66. The lowest BCUT2D eigenvalue weighted by molar-refractivity contribution is 0.0983. The van der Waals surface area contributed by atoms with Crippen molar-refractivity contribution in [2.75, 3.05) is 13.2 Å². The van der Waals surface area contributed by atoms with Crippen LogP contribution in [0.4, 0.5) is 0 Å². The molecule has 21 heavy (non-hydrogen) atoms. The summed E-state index contributed by atoms with van der Waals surface area (Å²) in [5.74, 6) is -0.00248. The Bertz CT molecular complexity index is 689. The maximum Gasteiger partial charge on any atom is 0.159 e. The van der Waals surface area contributed by atoms with Crippen molar-refractivity contribution in [3.8, 4) is 5.69 Å². The molecule has 1 aliphatic heterocycles. The first kappa shape index (κ1) is 14.3. The van der Waals surface area contributed by atoms with Crippen molar-refractivity contribution in [1.82, 2.24) is 9.78 Å². The molecule has 0 unspecified atom stereocenters. The highest BCUT2D eigenvalue weighted by Gasteiger charge is 2.28. The molecule has 112 valence electrons. The highest BCUT2D eigenvalue weighted by Crippen LogP contribution is 2.20. The predicted octanol–water partition coefficient (Wildman–Crippen LogP) is 1.97. The van der Waals surface area contributed by atoms with Crippen LogP contribution >= 0.6 is 0 Å². The Morgan fingerprint density at radius 1 is 1.14 bits per heavy atom. The maximum atomic E-state index is 12.4. The minimum absolute atomic E-state index is 0.00248. The smallest absolute Gasteiger partial charge is 0.159 e. The number of aromatic nitrogens is 2. The second-order valence-electron chi connectivity index (χ2n) is 5.21. The van der Waals surface area contributed by atoms with Crippen molar-refractivity contribution in [2.45, 2.75) is 23.8 Å². The second-order valence-corrected chi connectivity index (χ2v) is 7.49. The van der Waals surface area contributed by atoms with Crippen LogP contribution in [0.1, 0.15) is 18.5 Å². The average molecular weight is 306 g/mol. The molecular weight excluding hydrogens is 288 g/mol. The molecule has 5 nitrogen and oxygen atoms in total. The molecule has 1 saturated heterocycles. The van der Waals surface area contributed by atoms with Crippen molar-refractivity contribution in [3.63, 3.8) is 0 Å². The Balaban J connectivity index is 1.75. The molecule has 1 aromatic heterocycles. The monoisotopic (exact) mass is 306 g/mol. The Kier molecular flexibility index (Phi) is 4.07. The van der Waals surface area contributed by atoms with E-state index in [1.807, 2.05) is 30.3 Å². The van der Waals surface area contributed by atoms with E-state index in [2.05, 4.69) is 5.10 Å². The van der Waals surface area contributed by atoms with Gasteiger partial charge in [0.05, 0.1) is 22.4 Å². The topological polar surface area (TPSA) is 61.2 Å². The molecule has 0 bridgehead atoms. The Morgan fingerprint density at radius 3 is 2.57 bits per heavy atom. The zero-order valence-corrected chi connectivity index (χ0v) is 12.5. The van der Waals surface area contributed by atoms with Gasteiger partial charge in [-0.2, -0.15) is 5.10 Å². The summed E-state index contributed by atoms with van der Waals surface area (Å²) >= 11 is 0. The summed E-state index contributed by atoms with van der Waals surface area (Å²) in [5, 5.41) is 4.07. The first-order valence-corrected chi connectivity index (χ1v) is 8.76. The van der Waals surface area contributed by atoms with Crippen LogP contribution in [0.5, 0.6) is 0 Å². The molecule has 3 rings (SSSR count). The van der Waals surface area contributed by atoms with E-state index in [1.165, 1.54) is 0 Å². The van der Waals surface area contributed by atoms with E-state index in [0.29, 0.717) is 31.7 Å². The minimum atomic E-state index is -3.16. The summed E-state index contributed by atoms with van der Waals surface area (Å²) in [7, 11) is -3.16. The van der Waals surface area contributed by atoms with E-state index in [1.54, 1.807) is 16.9 Å². The second kappa shape index (κ2) is 5.99. The summed E-state index contributed by atoms with van der Waals surface area (Å²) in [4.78, 5) is 0. The van der Waals surface area contributed by atoms with Gasteiger partial charge in [0, 0.05) is 19.4 Å². The Morgan fingerprint density at radius 2 is 1.86 bits per heavy atom. The lowest BCUT2D eigenvalue weighted by atomic mass is 10.2. The average Bonchev–Trinajstić information content (AvgIpc) is 2.97. The normalized spacial score (nSPS) is 17.0. The zero-order valence-electron chi connectivity index (χ0n) is 11.7. The van der Waals surface area contributed by atoms with E-state index >= 15 is 0 Å². The van der Waals surface area contributed by atoms with Gasteiger partial charge in [-0.3, -0.25) is 0 Å². The first-order chi connectivity index (χ1) is 10.1. The Labute approximate surface area is 124 Å². The fourth-order valence-electron chi connectivity index (χ4n) is 2.52. The van der Waals surface area contributed by atoms with Crippen molar-refractivity contribution < 1.29 is 13.2 Å². The molecule has 1 fully saturated rings. The molecule has 0 aliphatic carbocycles. The van der Waals surface area contributed by atoms with E-state index < -0.39 is 9.84 Å². The maximum absolute atomic E-state index is 12.4. The highest BCUT2D eigenvalue weighted by molar-refractivity contribution is 7.91. The molecule has 6 heteroatoms. The quantitative estimate of drug-likeness (QED) is 0.866. The van der Waals surface area contributed by atoms with Gasteiger partial charge in [0.2, 0.25) is 0 Å². The van der Waals surface area contributed by atoms with E-state index in [0.717, 1.165) is 5.69 Å². The molecule has 0 N–H and O–H groups in total. The highest BCUT2D eigenvalue weighted by atomic mass is 32.2. The van der Waals surface area contributed by atoms with Gasteiger partial charge in [-0.1, -0.05) is 18.2 Å². The molecule has 2 aromatic rings. The van der Waals surface area contributed by atoms with Gasteiger partial charge in [0.15, 0.2) is 9.84 Å². The van der Waals surface area contributed by atoms with Gasteiger partial charge < -0.3 is 4.74 Å². The van der Waals surface area contributed by atoms with Crippen LogP contribution in [0, 0.1) is 0 Å². The zero-order chi connectivity index (χ0) is 14.7. The van der Waals surface area contributed by atoms with Crippen LogP contribution in [0.3, 0.4) is 0 Å². The van der Waals surface area contributed by atoms with Gasteiger partial charge in [-0.15, -0.1) is 0 Å². The largest absolute Gasteiger partial charge is 0.381 e. The lowest BCUT2D eigenvalue weighted by Crippen LogP contribution is -2.30. The van der Waals surface area contributed by atoms with Crippen LogP contribution in [-0.4, -0.2) is 36.7 Å². The predicted molar refractivity (Wildman–Crippen MR) is 80.0 cm³/mol. The SMILES string of the molecule is O=S(=O)(Cc1ccn(-c2ccccc2)n1)C1CCOCC1. The number of hydrogen-bond acceptors (Lipinski definition) is 4. The fourth-order valence-corrected chi connectivity index (χ4v) is 4.23.